The molecule has 0 radical (unpaired) electrons. The molecule has 4 fully saturated rings. The molecular weight excluding hydrogens is 776 g/mol. The van der Waals surface area contributed by atoms with E-state index in [1.807, 2.05) is 58.2 Å². The molecule has 2 aliphatic carbocycles. The highest BCUT2D eigenvalue weighted by molar-refractivity contribution is 9.10. The summed E-state index contributed by atoms with van der Waals surface area (Å²) in [6.07, 6.45) is 15.9. The van der Waals surface area contributed by atoms with E-state index >= 15 is 0 Å². The number of hydrogen-bond acceptors (Lipinski definition) is 9. The first kappa shape index (κ1) is 36.2. The van der Waals surface area contributed by atoms with Gasteiger partial charge in [-0.3, -0.25) is 19.8 Å². The number of nitrogens with one attached hydrogen (secondary N) is 1. The van der Waals surface area contributed by atoms with Gasteiger partial charge in [-0.2, -0.15) is 0 Å². The molecule has 0 atom stereocenters. The van der Waals surface area contributed by atoms with Gasteiger partial charge >= 0.3 is 6.09 Å². The van der Waals surface area contributed by atoms with Crippen LogP contribution in [-0.2, 0) is 28.9 Å². The molecule has 2 aliphatic heterocycles. The Morgan fingerprint density at radius 3 is 1.61 bits per heavy atom. The molecule has 12 nitrogen and oxygen atoms in total. The summed E-state index contributed by atoms with van der Waals surface area (Å²) in [6, 6.07) is 8.36. The molecule has 0 spiro atoms. The lowest BCUT2D eigenvalue weighted by atomic mass is 10.1. The quantitative estimate of drug-likeness (QED) is 0.243. The van der Waals surface area contributed by atoms with Crippen molar-refractivity contribution in [2.75, 3.05) is 52.4 Å². The second-order valence-corrected chi connectivity index (χ2v) is 16.9. The maximum absolute atomic E-state index is 12.3. The second kappa shape index (κ2) is 15.1. The number of rotatable bonds is 8. The standard InChI is InChI=1S/C21H28BrN5O2.C16H20BrN5/c1-20(2,3)29-19(28)26-10-8-25(9-11-26)14-17-13-23-15-27(17)21(6-7-21)18-5-4-16(22)12-24-18;17-13-1-2-15(20-9-13)16(3-4-16)22-12-19-10-14(22)11-21-7-5-18-6-8-21/h4-5,12-13,15H,6-11,14H2,1-3H3;1-2,9-10,12,18H,3-8,11H2. The van der Waals surface area contributed by atoms with Gasteiger partial charge in [-0.05, 0) is 103 Å². The van der Waals surface area contributed by atoms with Crippen molar-refractivity contribution in [3.8, 4) is 0 Å². The molecule has 272 valence electrons. The highest BCUT2D eigenvalue weighted by Gasteiger charge is 2.49. The van der Waals surface area contributed by atoms with Gasteiger partial charge in [0.2, 0.25) is 0 Å². The number of piperazine rings is 2. The second-order valence-electron chi connectivity index (χ2n) is 15.1. The SMILES string of the molecule is Brc1ccc(C2(n3cncc3CN3CCNCC3)CC2)nc1.CC(C)(C)OC(=O)N1CCN(Cc2cncn2C2(c3ccc(Br)cn3)CC2)CC1. The third-order valence-electron chi connectivity index (χ3n) is 10.2. The van der Waals surface area contributed by atoms with Crippen molar-refractivity contribution in [2.24, 2.45) is 0 Å². The number of carbonyl (C=O) groups is 1. The van der Waals surface area contributed by atoms with Gasteiger partial charge in [-0.15, -0.1) is 0 Å². The topological polar surface area (TPSA) is 109 Å². The van der Waals surface area contributed by atoms with Crippen molar-refractivity contribution < 1.29 is 9.53 Å². The van der Waals surface area contributed by atoms with Crippen molar-refractivity contribution in [3.05, 3.63) is 93.4 Å². The molecule has 4 aliphatic rings. The average molecular weight is 825 g/mol. The average Bonchev–Trinajstić information content (AvgIpc) is 4.00. The van der Waals surface area contributed by atoms with E-state index in [1.54, 1.807) is 4.90 Å². The van der Waals surface area contributed by atoms with Crippen LogP contribution in [-0.4, -0.2) is 108 Å². The Balaban J connectivity index is 0.000000165. The normalized spacial score (nSPS) is 20.0. The molecule has 1 amide bonds. The highest BCUT2D eigenvalue weighted by Crippen LogP contribution is 2.50. The van der Waals surface area contributed by atoms with Crippen LogP contribution >= 0.6 is 31.9 Å². The Bertz CT molecular complexity index is 1760. The van der Waals surface area contributed by atoms with E-state index in [0.717, 1.165) is 98.4 Å². The molecule has 2 saturated heterocycles. The number of imidazole rings is 2. The van der Waals surface area contributed by atoms with E-state index in [2.05, 4.69) is 100 Å². The molecule has 0 bridgehead atoms. The first-order valence-corrected chi connectivity index (χ1v) is 19.5. The van der Waals surface area contributed by atoms with Gasteiger partial charge in [-0.25, -0.2) is 14.8 Å². The fraction of sp³-hybridized carbons (Fsp3) is 0.541. The van der Waals surface area contributed by atoms with Crippen LogP contribution < -0.4 is 5.32 Å². The van der Waals surface area contributed by atoms with E-state index in [9.17, 15) is 4.79 Å². The number of carbonyl (C=O) groups excluding carboxylic acids is 1. The summed E-state index contributed by atoms with van der Waals surface area (Å²) in [5, 5.41) is 3.40. The summed E-state index contributed by atoms with van der Waals surface area (Å²) in [5.41, 5.74) is 4.23. The molecule has 6 heterocycles. The maximum atomic E-state index is 12.3. The number of hydrogen-bond donors (Lipinski definition) is 1. The van der Waals surface area contributed by atoms with E-state index < -0.39 is 5.60 Å². The summed E-state index contributed by atoms with van der Waals surface area (Å²) in [5.74, 6) is 0. The summed E-state index contributed by atoms with van der Waals surface area (Å²) in [6.45, 7) is 14.9. The smallest absolute Gasteiger partial charge is 0.410 e. The molecule has 4 aromatic rings. The zero-order valence-corrected chi connectivity index (χ0v) is 32.9. The van der Waals surface area contributed by atoms with Crippen LogP contribution in [0, 0.1) is 0 Å². The van der Waals surface area contributed by atoms with Crippen LogP contribution in [0.1, 0.15) is 69.2 Å². The lowest BCUT2D eigenvalue weighted by Crippen LogP contribution is -2.49. The van der Waals surface area contributed by atoms with Crippen molar-refractivity contribution >= 4 is 38.0 Å². The first-order valence-electron chi connectivity index (χ1n) is 18.0. The predicted octanol–water partition coefficient (Wildman–Crippen LogP) is 5.61. The molecule has 0 aromatic carbocycles. The van der Waals surface area contributed by atoms with Crippen molar-refractivity contribution in [1.82, 2.24) is 49.1 Å². The van der Waals surface area contributed by atoms with E-state index in [0.29, 0.717) is 13.1 Å². The summed E-state index contributed by atoms with van der Waals surface area (Å²) < 4.78 is 12.2. The summed E-state index contributed by atoms with van der Waals surface area (Å²) >= 11 is 6.93. The number of aromatic nitrogens is 6. The number of amides is 1. The molecule has 14 heteroatoms. The van der Waals surface area contributed by atoms with Crippen molar-refractivity contribution in [1.29, 1.82) is 0 Å². The van der Waals surface area contributed by atoms with Gasteiger partial charge in [0.15, 0.2) is 0 Å². The molecule has 1 N–H and O–H groups in total. The Kier molecular flexibility index (Phi) is 10.7. The van der Waals surface area contributed by atoms with Gasteiger partial charge in [0, 0.05) is 99.2 Å². The lowest BCUT2D eigenvalue weighted by molar-refractivity contribution is 0.0137. The Hall–Kier alpha value is -3.17. The fourth-order valence-electron chi connectivity index (χ4n) is 7.17. The Labute approximate surface area is 317 Å². The maximum Gasteiger partial charge on any atom is 0.410 e. The number of halogens is 2. The van der Waals surface area contributed by atoms with Crippen molar-refractivity contribution in [2.45, 2.75) is 76.2 Å². The van der Waals surface area contributed by atoms with Gasteiger partial charge in [0.1, 0.15) is 5.60 Å². The Morgan fingerprint density at radius 1 is 0.725 bits per heavy atom. The minimum atomic E-state index is -0.458. The van der Waals surface area contributed by atoms with Crippen molar-refractivity contribution in [3.63, 3.8) is 0 Å². The van der Waals surface area contributed by atoms with Crippen LogP contribution in [0.15, 0.2) is 70.7 Å². The predicted molar refractivity (Wildman–Crippen MR) is 202 cm³/mol. The van der Waals surface area contributed by atoms with E-state index in [1.165, 1.54) is 11.4 Å². The van der Waals surface area contributed by atoms with Crippen LogP contribution in [0.4, 0.5) is 4.79 Å². The fourth-order valence-corrected chi connectivity index (χ4v) is 7.64. The minimum Gasteiger partial charge on any atom is -0.444 e. The van der Waals surface area contributed by atoms with E-state index in [4.69, 9.17) is 4.74 Å². The third kappa shape index (κ3) is 8.40. The van der Waals surface area contributed by atoms with Crippen LogP contribution in [0.3, 0.4) is 0 Å². The van der Waals surface area contributed by atoms with E-state index in [-0.39, 0.29) is 17.2 Å². The van der Waals surface area contributed by atoms with Gasteiger partial charge in [-0.1, -0.05) is 0 Å². The summed E-state index contributed by atoms with van der Waals surface area (Å²) in [4.78, 5) is 37.1. The largest absolute Gasteiger partial charge is 0.444 e. The molecular formula is C37H48Br2N10O2. The highest BCUT2D eigenvalue weighted by atomic mass is 79.9. The van der Waals surface area contributed by atoms with Crippen LogP contribution in [0.5, 0.6) is 0 Å². The lowest BCUT2D eigenvalue weighted by Gasteiger charge is -2.35. The minimum absolute atomic E-state index is 0.0283. The van der Waals surface area contributed by atoms with Gasteiger partial charge < -0.3 is 24.1 Å². The zero-order chi connectivity index (χ0) is 35.6. The molecule has 51 heavy (non-hydrogen) atoms. The molecule has 4 aromatic heterocycles. The monoisotopic (exact) mass is 822 g/mol. The number of pyridine rings is 2. The van der Waals surface area contributed by atoms with Gasteiger partial charge in [0.25, 0.3) is 0 Å². The van der Waals surface area contributed by atoms with Gasteiger partial charge in [0.05, 0.1) is 46.5 Å². The van der Waals surface area contributed by atoms with Crippen LogP contribution in [0.25, 0.3) is 0 Å². The Morgan fingerprint density at radius 2 is 1.20 bits per heavy atom. The third-order valence-corrected chi connectivity index (χ3v) is 11.2. The number of ether oxygens (including phenoxy) is 1. The number of nitrogens with zero attached hydrogens (tertiary/aromatic N) is 9. The molecule has 8 rings (SSSR count). The van der Waals surface area contributed by atoms with Crippen LogP contribution in [0.2, 0.25) is 0 Å². The zero-order valence-electron chi connectivity index (χ0n) is 29.8. The molecule has 0 unspecified atom stereocenters. The summed E-state index contributed by atoms with van der Waals surface area (Å²) in [7, 11) is 0. The first-order chi connectivity index (χ1) is 24.5. The molecule has 2 saturated carbocycles.